The minimum Gasteiger partial charge on any atom is -0.289 e. The van der Waals surface area contributed by atoms with Gasteiger partial charge in [-0.2, -0.15) is 0 Å². The van der Waals surface area contributed by atoms with Crippen LogP contribution < -0.4 is 0 Å². The second kappa shape index (κ2) is 5.39. The van der Waals surface area contributed by atoms with Crippen molar-refractivity contribution in [3.63, 3.8) is 0 Å². The SMILES string of the molecule is O=C(c1ccc(Br)c(F)c1)c1csc2c(Br)cccc12. The van der Waals surface area contributed by atoms with Crippen LogP contribution in [0.4, 0.5) is 4.39 Å². The van der Waals surface area contributed by atoms with Crippen molar-refractivity contribution >= 4 is 59.1 Å². The summed E-state index contributed by atoms with van der Waals surface area (Å²) in [6.07, 6.45) is 0. The van der Waals surface area contributed by atoms with Crippen molar-refractivity contribution in [3.05, 3.63) is 67.7 Å². The van der Waals surface area contributed by atoms with Gasteiger partial charge in [0.2, 0.25) is 0 Å². The molecule has 0 aliphatic heterocycles. The predicted molar refractivity (Wildman–Crippen MR) is 87.1 cm³/mol. The van der Waals surface area contributed by atoms with Crippen molar-refractivity contribution in [3.8, 4) is 0 Å². The molecule has 0 atom stereocenters. The number of benzene rings is 2. The molecule has 0 amide bonds. The zero-order valence-electron chi connectivity index (χ0n) is 9.99. The van der Waals surface area contributed by atoms with Crippen LogP contribution in [0.1, 0.15) is 15.9 Å². The zero-order chi connectivity index (χ0) is 14.3. The number of halogens is 3. The number of thiophene rings is 1. The summed E-state index contributed by atoms with van der Waals surface area (Å²) in [5.41, 5.74) is 0.957. The third kappa shape index (κ3) is 2.34. The molecular formula is C15H7Br2FOS. The fourth-order valence-corrected chi connectivity index (χ4v) is 3.84. The van der Waals surface area contributed by atoms with Crippen LogP contribution in [0.15, 0.2) is 50.7 Å². The summed E-state index contributed by atoms with van der Waals surface area (Å²) in [6, 6.07) is 10.2. The Balaban J connectivity index is 2.13. The van der Waals surface area contributed by atoms with Gasteiger partial charge in [0.15, 0.2) is 5.78 Å². The second-order valence-corrected chi connectivity index (χ2v) is 6.81. The standard InChI is InChI=1S/C15H7Br2FOS/c16-11-5-4-8(6-13(11)18)14(19)10-7-20-15-9(10)2-1-3-12(15)17/h1-7H. The molecule has 1 heterocycles. The fourth-order valence-electron chi connectivity index (χ4n) is 1.99. The normalized spacial score (nSPS) is 10.9. The number of rotatable bonds is 2. The van der Waals surface area contributed by atoms with Gasteiger partial charge in [-0.05, 0) is 56.1 Å². The van der Waals surface area contributed by atoms with Gasteiger partial charge < -0.3 is 0 Å². The van der Waals surface area contributed by atoms with E-state index in [1.54, 1.807) is 12.1 Å². The Morgan fingerprint density at radius 2 is 1.90 bits per heavy atom. The summed E-state index contributed by atoms with van der Waals surface area (Å²) >= 11 is 8.06. The van der Waals surface area contributed by atoms with Crippen molar-refractivity contribution in [2.24, 2.45) is 0 Å². The van der Waals surface area contributed by atoms with Crippen molar-refractivity contribution in [2.45, 2.75) is 0 Å². The third-order valence-electron chi connectivity index (χ3n) is 2.98. The van der Waals surface area contributed by atoms with E-state index in [9.17, 15) is 9.18 Å². The van der Waals surface area contributed by atoms with E-state index in [2.05, 4.69) is 31.9 Å². The first-order valence-electron chi connectivity index (χ1n) is 5.73. The van der Waals surface area contributed by atoms with E-state index in [1.807, 2.05) is 23.6 Å². The molecule has 0 fully saturated rings. The molecule has 0 saturated carbocycles. The molecule has 5 heteroatoms. The topological polar surface area (TPSA) is 17.1 Å². The number of fused-ring (bicyclic) bond motifs is 1. The molecule has 2 aromatic carbocycles. The van der Waals surface area contributed by atoms with E-state index in [0.717, 1.165) is 14.6 Å². The lowest BCUT2D eigenvalue weighted by Gasteiger charge is -2.02. The van der Waals surface area contributed by atoms with Crippen LogP contribution in [0.3, 0.4) is 0 Å². The maximum atomic E-state index is 13.6. The Morgan fingerprint density at radius 1 is 1.10 bits per heavy atom. The highest BCUT2D eigenvalue weighted by atomic mass is 79.9. The van der Waals surface area contributed by atoms with Crippen LogP contribution in [-0.4, -0.2) is 5.78 Å². The van der Waals surface area contributed by atoms with Crippen LogP contribution in [0.25, 0.3) is 10.1 Å². The molecule has 0 aliphatic carbocycles. The second-order valence-electron chi connectivity index (χ2n) is 4.22. The maximum Gasteiger partial charge on any atom is 0.194 e. The van der Waals surface area contributed by atoms with Gasteiger partial charge in [-0.1, -0.05) is 12.1 Å². The third-order valence-corrected chi connectivity index (χ3v) is 5.57. The van der Waals surface area contributed by atoms with Gasteiger partial charge >= 0.3 is 0 Å². The molecule has 3 rings (SSSR count). The van der Waals surface area contributed by atoms with Gasteiger partial charge in [-0.25, -0.2) is 4.39 Å². The lowest BCUT2D eigenvalue weighted by Crippen LogP contribution is -2.01. The number of carbonyl (C=O) groups excluding carboxylic acids is 1. The van der Waals surface area contributed by atoms with Crippen LogP contribution >= 0.6 is 43.2 Å². The molecule has 1 aromatic heterocycles. The van der Waals surface area contributed by atoms with Crippen molar-refractivity contribution in [1.82, 2.24) is 0 Å². The molecule has 3 aromatic rings. The minimum atomic E-state index is -0.434. The van der Waals surface area contributed by atoms with E-state index < -0.39 is 5.82 Å². The molecule has 0 unspecified atom stereocenters. The van der Waals surface area contributed by atoms with Crippen molar-refractivity contribution in [2.75, 3.05) is 0 Å². The molecule has 0 bridgehead atoms. The largest absolute Gasteiger partial charge is 0.289 e. The summed E-state index contributed by atoms with van der Waals surface area (Å²) < 4.78 is 15.9. The first-order valence-corrected chi connectivity index (χ1v) is 8.20. The average molecular weight is 414 g/mol. The van der Waals surface area contributed by atoms with Gasteiger partial charge in [0.25, 0.3) is 0 Å². The Hall–Kier alpha value is -1.04. The average Bonchev–Trinajstić information content (AvgIpc) is 2.86. The molecule has 0 radical (unpaired) electrons. The van der Waals surface area contributed by atoms with Gasteiger partial charge in [0.1, 0.15) is 5.82 Å². The van der Waals surface area contributed by atoms with Gasteiger partial charge in [-0.15, -0.1) is 11.3 Å². The first-order chi connectivity index (χ1) is 9.58. The van der Waals surface area contributed by atoms with Crippen LogP contribution in [0.2, 0.25) is 0 Å². The highest BCUT2D eigenvalue weighted by molar-refractivity contribution is 9.11. The summed E-state index contributed by atoms with van der Waals surface area (Å²) in [7, 11) is 0. The highest BCUT2D eigenvalue weighted by Gasteiger charge is 2.16. The predicted octanol–water partition coefficient (Wildman–Crippen LogP) is 5.80. The summed E-state index contributed by atoms with van der Waals surface area (Å²) in [4.78, 5) is 12.5. The van der Waals surface area contributed by atoms with Crippen LogP contribution in [0.5, 0.6) is 0 Å². The van der Waals surface area contributed by atoms with Gasteiger partial charge in [-0.3, -0.25) is 4.79 Å². The summed E-state index contributed by atoms with van der Waals surface area (Å²) in [6.45, 7) is 0. The van der Waals surface area contributed by atoms with Crippen molar-refractivity contribution < 1.29 is 9.18 Å². The van der Waals surface area contributed by atoms with E-state index >= 15 is 0 Å². The first kappa shape index (κ1) is 13.9. The Morgan fingerprint density at radius 3 is 2.65 bits per heavy atom. The molecule has 0 saturated heterocycles. The van der Waals surface area contributed by atoms with Gasteiger partial charge in [0, 0.05) is 31.1 Å². The molecular weight excluding hydrogens is 407 g/mol. The monoisotopic (exact) mass is 412 g/mol. The molecule has 100 valence electrons. The molecule has 0 spiro atoms. The number of ketones is 1. The lowest BCUT2D eigenvalue weighted by atomic mass is 10.0. The number of carbonyl (C=O) groups is 1. The molecule has 0 N–H and O–H groups in total. The molecule has 20 heavy (non-hydrogen) atoms. The Labute approximate surface area is 135 Å². The molecule has 0 aliphatic rings. The maximum absolute atomic E-state index is 13.6. The van der Waals surface area contributed by atoms with E-state index in [-0.39, 0.29) is 5.78 Å². The number of hydrogen-bond donors (Lipinski definition) is 0. The molecule has 1 nitrogen and oxygen atoms in total. The minimum absolute atomic E-state index is 0.166. The highest BCUT2D eigenvalue weighted by Crippen LogP contribution is 2.33. The fraction of sp³-hybridized carbons (Fsp3) is 0. The van der Waals surface area contributed by atoms with E-state index in [1.165, 1.54) is 17.4 Å². The number of hydrogen-bond acceptors (Lipinski definition) is 2. The van der Waals surface area contributed by atoms with E-state index in [4.69, 9.17) is 0 Å². The Bertz CT molecular complexity index is 826. The lowest BCUT2D eigenvalue weighted by molar-refractivity contribution is 0.104. The smallest absolute Gasteiger partial charge is 0.194 e. The van der Waals surface area contributed by atoms with Crippen LogP contribution in [-0.2, 0) is 0 Å². The van der Waals surface area contributed by atoms with Crippen molar-refractivity contribution in [1.29, 1.82) is 0 Å². The van der Waals surface area contributed by atoms with E-state index in [0.29, 0.717) is 15.6 Å². The summed E-state index contributed by atoms with van der Waals surface area (Å²) in [5.74, 6) is -0.600. The van der Waals surface area contributed by atoms with Crippen LogP contribution in [0, 0.1) is 5.82 Å². The Kier molecular flexibility index (Phi) is 3.75. The summed E-state index contributed by atoms with van der Waals surface area (Å²) in [5, 5.41) is 2.70. The zero-order valence-corrected chi connectivity index (χ0v) is 14.0. The quantitative estimate of drug-likeness (QED) is 0.485. The van der Waals surface area contributed by atoms with Gasteiger partial charge in [0.05, 0.1) is 4.47 Å².